The van der Waals surface area contributed by atoms with E-state index in [1.165, 1.54) is 11.1 Å². The molecule has 2 heterocycles. The number of rotatable bonds is 2. The van der Waals surface area contributed by atoms with Crippen LogP contribution in [-0.2, 0) is 9.31 Å². The van der Waals surface area contributed by atoms with Gasteiger partial charge in [0.05, 0.1) is 11.2 Å². The summed E-state index contributed by atoms with van der Waals surface area (Å²) in [6.07, 6.45) is 0. The minimum absolute atomic E-state index is 0.368. The highest BCUT2D eigenvalue weighted by Gasteiger charge is 2.52. The van der Waals surface area contributed by atoms with Gasteiger partial charge in [0.25, 0.3) is 0 Å². The predicted molar refractivity (Wildman–Crippen MR) is 123 cm³/mol. The summed E-state index contributed by atoms with van der Waals surface area (Å²) in [7, 11) is 1.69. The summed E-state index contributed by atoms with van der Waals surface area (Å²) in [6.45, 7) is 8.31. The Morgan fingerprint density at radius 2 is 1.48 bits per heavy atom. The Labute approximate surface area is 172 Å². The van der Waals surface area contributed by atoms with Crippen molar-refractivity contribution < 1.29 is 13.7 Å². The van der Waals surface area contributed by atoms with Gasteiger partial charge < -0.3 is 13.7 Å². The summed E-state index contributed by atoms with van der Waals surface area (Å²) in [4.78, 5) is 0. The van der Waals surface area contributed by atoms with Crippen molar-refractivity contribution in [1.82, 2.24) is 0 Å². The predicted octanol–water partition coefficient (Wildman–Crippen LogP) is 3.81. The highest BCUT2D eigenvalue weighted by Crippen LogP contribution is 2.38. The molecule has 5 rings (SSSR count). The van der Waals surface area contributed by atoms with E-state index in [0.29, 0.717) is 0 Å². The van der Waals surface area contributed by atoms with Crippen LogP contribution < -0.4 is 10.9 Å². The fraction of sp³-hybridized carbons (Fsp3) is 0.250. The molecule has 0 aliphatic carbocycles. The molecular weight excluding hydrogens is 358 g/mol. The summed E-state index contributed by atoms with van der Waals surface area (Å²) in [6, 6.07) is 21.0. The van der Waals surface area contributed by atoms with Crippen molar-refractivity contribution in [2.45, 2.75) is 38.9 Å². The lowest BCUT2D eigenvalue weighted by molar-refractivity contribution is 0.00578. The van der Waals surface area contributed by atoms with Crippen molar-refractivity contribution in [3.8, 4) is 11.1 Å². The molecule has 1 fully saturated rings. The molecule has 1 aliphatic heterocycles. The lowest BCUT2D eigenvalue weighted by atomic mass is 9.70. The van der Waals surface area contributed by atoms with Crippen molar-refractivity contribution in [3.63, 3.8) is 0 Å². The van der Waals surface area contributed by atoms with Crippen LogP contribution in [0.5, 0.6) is 0 Å². The van der Waals surface area contributed by atoms with Crippen LogP contribution in [0.1, 0.15) is 27.7 Å². The summed E-state index contributed by atoms with van der Waals surface area (Å²) in [5.41, 5.74) is 5.53. The molecule has 144 valence electrons. The van der Waals surface area contributed by atoms with Crippen molar-refractivity contribution >= 4 is 47.8 Å². The van der Waals surface area contributed by atoms with Crippen molar-refractivity contribution in [2.75, 3.05) is 0 Å². The Hall–Kier alpha value is -2.49. The fourth-order valence-corrected chi connectivity index (χ4v) is 4.12. The molecule has 5 heteroatoms. The van der Waals surface area contributed by atoms with E-state index >= 15 is 0 Å². The number of fused-ring (bicyclic) bond motifs is 3. The smallest absolute Gasteiger partial charge is 0.457 e. The molecule has 0 saturated carbocycles. The topological polar surface area (TPSA) is 31.6 Å². The highest BCUT2D eigenvalue weighted by atomic mass is 16.7. The van der Waals surface area contributed by atoms with Gasteiger partial charge in [0.2, 0.25) is 0 Å². The molecule has 0 unspecified atom stereocenters. The van der Waals surface area contributed by atoms with Crippen LogP contribution >= 0.6 is 0 Å². The van der Waals surface area contributed by atoms with Gasteiger partial charge in [-0.3, -0.25) is 0 Å². The van der Waals surface area contributed by atoms with Gasteiger partial charge in [0, 0.05) is 10.8 Å². The van der Waals surface area contributed by atoms with Crippen molar-refractivity contribution in [1.29, 1.82) is 0 Å². The summed E-state index contributed by atoms with van der Waals surface area (Å²) in [5.74, 6) is 0. The van der Waals surface area contributed by atoms with Crippen molar-refractivity contribution in [3.05, 3.63) is 60.7 Å². The third kappa shape index (κ3) is 2.76. The molecular formula is C24H24B2O3. The van der Waals surface area contributed by atoms with E-state index in [9.17, 15) is 0 Å². The third-order valence-corrected chi connectivity index (χ3v) is 6.55. The van der Waals surface area contributed by atoms with Crippen LogP contribution in [0.25, 0.3) is 33.1 Å². The second-order valence-corrected chi connectivity index (χ2v) is 8.89. The molecule has 0 atom stereocenters. The van der Waals surface area contributed by atoms with Gasteiger partial charge in [-0.05, 0) is 55.8 Å². The molecule has 0 amide bonds. The third-order valence-electron chi connectivity index (χ3n) is 6.55. The van der Waals surface area contributed by atoms with Gasteiger partial charge in [0.1, 0.15) is 19.0 Å². The summed E-state index contributed by atoms with van der Waals surface area (Å²) >= 11 is 0. The van der Waals surface area contributed by atoms with E-state index in [1.54, 1.807) is 0 Å². The van der Waals surface area contributed by atoms with Crippen molar-refractivity contribution in [2.24, 2.45) is 0 Å². The highest BCUT2D eigenvalue weighted by molar-refractivity contribution is 6.69. The van der Waals surface area contributed by atoms with Gasteiger partial charge in [-0.1, -0.05) is 54.6 Å². The summed E-state index contributed by atoms with van der Waals surface area (Å²) < 4.78 is 18.9. The largest absolute Gasteiger partial charge is 0.494 e. The van der Waals surface area contributed by atoms with E-state index in [-0.39, 0.29) is 11.2 Å². The molecule has 0 radical (unpaired) electrons. The average Bonchev–Trinajstić information content (AvgIpc) is 3.17. The zero-order valence-electron chi connectivity index (χ0n) is 17.6. The standard InChI is InChI=1S/C24H24B2O3/c1-23(2)24(3,4)29-26(28-23)18-14-13-17-20-16(15-9-6-5-7-10-15)11-8-12-19(20)27-22(17)21(18)25/h5-14H,25H2,1-4H3. The lowest BCUT2D eigenvalue weighted by Crippen LogP contribution is -2.43. The Balaban J connectivity index is 1.69. The molecule has 4 aromatic rings. The van der Waals surface area contributed by atoms with E-state index in [4.69, 9.17) is 13.7 Å². The van der Waals surface area contributed by atoms with Gasteiger partial charge in [0.15, 0.2) is 0 Å². The number of hydrogen-bond donors (Lipinski definition) is 0. The molecule has 0 bridgehead atoms. The SMILES string of the molecule is Bc1c(B2OC(C)(C)C(C)(C)O2)ccc2c1oc1cccc(-c3ccccc3)c12. The second kappa shape index (κ2) is 6.25. The van der Waals surface area contributed by atoms with E-state index in [1.807, 2.05) is 12.1 Å². The molecule has 1 aliphatic rings. The molecule has 0 N–H and O–H groups in total. The van der Waals surface area contributed by atoms with E-state index < -0.39 is 7.12 Å². The molecule has 0 spiro atoms. The van der Waals surface area contributed by atoms with E-state index in [2.05, 4.69) is 84.1 Å². The first-order chi connectivity index (χ1) is 13.8. The van der Waals surface area contributed by atoms with Crippen LogP contribution in [0.4, 0.5) is 0 Å². The first-order valence-corrected chi connectivity index (χ1v) is 10.1. The van der Waals surface area contributed by atoms with Crippen LogP contribution in [0.15, 0.2) is 65.1 Å². The maximum Gasteiger partial charge on any atom is 0.494 e. The Kier molecular flexibility index (Phi) is 4.00. The molecule has 3 nitrogen and oxygen atoms in total. The van der Waals surface area contributed by atoms with Gasteiger partial charge in [-0.15, -0.1) is 0 Å². The van der Waals surface area contributed by atoms with Crippen LogP contribution in [0, 0.1) is 0 Å². The maximum atomic E-state index is 6.34. The second-order valence-electron chi connectivity index (χ2n) is 8.89. The van der Waals surface area contributed by atoms with E-state index in [0.717, 1.165) is 32.9 Å². The van der Waals surface area contributed by atoms with Crippen LogP contribution in [0.3, 0.4) is 0 Å². The molecule has 1 aromatic heterocycles. The molecule has 3 aromatic carbocycles. The zero-order valence-corrected chi connectivity index (χ0v) is 17.6. The number of furan rings is 1. The zero-order chi connectivity index (χ0) is 20.4. The van der Waals surface area contributed by atoms with Crippen LogP contribution in [-0.4, -0.2) is 26.2 Å². The minimum atomic E-state index is -0.397. The van der Waals surface area contributed by atoms with Gasteiger partial charge in [-0.2, -0.15) is 0 Å². The Morgan fingerprint density at radius 3 is 2.17 bits per heavy atom. The van der Waals surface area contributed by atoms with Gasteiger partial charge >= 0.3 is 7.12 Å². The minimum Gasteiger partial charge on any atom is -0.457 e. The maximum absolute atomic E-state index is 6.34. The first kappa shape index (κ1) is 18.5. The van der Waals surface area contributed by atoms with Crippen LogP contribution in [0.2, 0.25) is 0 Å². The monoisotopic (exact) mass is 382 g/mol. The normalized spacial score (nSPS) is 18.0. The quantitative estimate of drug-likeness (QED) is 0.495. The average molecular weight is 382 g/mol. The first-order valence-electron chi connectivity index (χ1n) is 10.1. The number of benzene rings is 3. The molecule has 29 heavy (non-hydrogen) atoms. The van der Waals surface area contributed by atoms with Gasteiger partial charge in [-0.25, -0.2) is 0 Å². The fourth-order valence-electron chi connectivity index (χ4n) is 4.12. The number of hydrogen-bond acceptors (Lipinski definition) is 3. The summed E-state index contributed by atoms with van der Waals surface area (Å²) in [5, 5.41) is 2.27. The molecule has 1 saturated heterocycles. The Bertz CT molecular complexity index is 1210. The Morgan fingerprint density at radius 1 is 0.793 bits per heavy atom. The lowest BCUT2D eigenvalue weighted by Gasteiger charge is -2.32.